The number of ether oxygens (including phenoxy) is 1. The van der Waals surface area contributed by atoms with Crippen molar-refractivity contribution in [1.82, 2.24) is 19.6 Å². The molecule has 1 aliphatic heterocycles. The number of aromatic nitrogens is 2. The van der Waals surface area contributed by atoms with Crippen LogP contribution in [-0.2, 0) is 14.8 Å². The van der Waals surface area contributed by atoms with Crippen molar-refractivity contribution in [3.8, 4) is 0 Å². The van der Waals surface area contributed by atoms with Gasteiger partial charge in [0.25, 0.3) is 6.02 Å². The number of aromatic amines is 1. The Hall–Kier alpha value is -1.98. The molecule has 2 aromatic rings. The van der Waals surface area contributed by atoms with Gasteiger partial charge in [-0.05, 0) is 38.0 Å². The van der Waals surface area contributed by atoms with Gasteiger partial charge in [0.2, 0.25) is 10.0 Å². The summed E-state index contributed by atoms with van der Waals surface area (Å²) in [6, 6.07) is 4.88. The first kappa shape index (κ1) is 16.5. The molecule has 2 heterocycles. The fourth-order valence-corrected chi connectivity index (χ4v) is 4.90. The van der Waals surface area contributed by atoms with Crippen molar-refractivity contribution in [3.05, 3.63) is 28.7 Å². The zero-order valence-corrected chi connectivity index (χ0v) is 15.2. The predicted octanol–water partition coefficient (Wildman–Crippen LogP) is 0.870. The van der Waals surface area contributed by atoms with E-state index >= 15 is 0 Å². The van der Waals surface area contributed by atoms with Crippen molar-refractivity contribution in [2.45, 2.75) is 35.7 Å². The van der Waals surface area contributed by atoms with E-state index < -0.39 is 15.5 Å². The first-order chi connectivity index (χ1) is 11.8. The summed E-state index contributed by atoms with van der Waals surface area (Å²) in [5, 5.41) is 2.95. The number of hydrogen-bond donors (Lipinski definition) is 3. The minimum Gasteiger partial charge on any atom is -0.468 e. The van der Waals surface area contributed by atoms with Crippen LogP contribution in [0.5, 0.6) is 0 Å². The van der Waals surface area contributed by atoms with Gasteiger partial charge in [0.1, 0.15) is 0 Å². The highest BCUT2D eigenvalue weighted by atomic mass is 32.2. The highest BCUT2D eigenvalue weighted by Crippen LogP contribution is 2.36. The van der Waals surface area contributed by atoms with Crippen molar-refractivity contribution < 1.29 is 13.2 Å². The lowest BCUT2D eigenvalue weighted by atomic mass is 10.3. The quantitative estimate of drug-likeness (QED) is 0.675. The van der Waals surface area contributed by atoms with Gasteiger partial charge >= 0.3 is 5.69 Å². The Morgan fingerprint density at radius 1 is 1.44 bits per heavy atom. The Bertz CT molecular complexity index is 1040. The van der Waals surface area contributed by atoms with E-state index in [2.05, 4.69) is 19.4 Å². The van der Waals surface area contributed by atoms with E-state index in [4.69, 9.17) is 4.74 Å². The molecule has 1 saturated carbocycles. The summed E-state index contributed by atoms with van der Waals surface area (Å²) in [4.78, 5) is 15.2. The highest BCUT2D eigenvalue weighted by molar-refractivity contribution is 7.98. The number of imidazole rings is 1. The average Bonchev–Trinajstić information content (AvgIpc) is 2.98. The number of H-pyrrole nitrogens is 1. The van der Waals surface area contributed by atoms with Crippen LogP contribution in [0.1, 0.15) is 25.3 Å². The fraction of sp³-hybridized carbons (Fsp3) is 0.429. The lowest BCUT2D eigenvalue weighted by Crippen LogP contribution is -2.34. The van der Waals surface area contributed by atoms with Gasteiger partial charge in [-0.3, -0.25) is 4.57 Å². The number of benzene rings is 1. The zero-order valence-electron chi connectivity index (χ0n) is 13.6. The molecular weight excluding hydrogens is 366 g/mol. The van der Waals surface area contributed by atoms with E-state index in [1.807, 2.05) is 6.92 Å². The molecule has 1 atom stereocenters. The lowest BCUT2D eigenvalue weighted by Gasteiger charge is -2.14. The smallest absolute Gasteiger partial charge is 0.328 e. The molecule has 9 nitrogen and oxygen atoms in total. The Morgan fingerprint density at radius 2 is 2.20 bits per heavy atom. The largest absolute Gasteiger partial charge is 0.468 e. The van der Waals surface area contributed by atoms with Gasteiger partial charge in [-0.2, -0.15) is 4.40 Å². The number of nitrogens with zero attached hydrogens (tertiary/aromatic N) is 2. The molecule has 25 heavy (non-hydrogen) atoms. The molecule has 1 fully saturated rings. The minimum atomic E-state index is -3.65. The third-order valence-electron chi connectivity index (χ3n) is 4.29. The lowest BCUT2D eigenvalue weighted by molar-refractivity contribution is 0.377. The van der Waals surface area contributed by atoms with Crippen LogP contribution in [0.3, 0.4) is 0 Å². The number of sulfonamides is 1. The molecule has 0 bridgehead atoms. The Kier molecular flexibility index (Phi) is 3.63. The van der Waals surface area contributed by atoms with Crippen LogP contribution in [0.25, 0.3) is 11.0 Å². The monoisotopic (exact) mass is 383 g/mol. The number of rotatable bonds is 4. The molecule has 2 aliphatic rings. The molecule has 1 aliphatic carbocycles. The molecule has 0 spiro atoms. The second-order valence-electron chi connectivity index (χ2n) is 6.35. The first-order valence-corrected chi connectivity index (χ1v) is 9.96. The summed E-state index contributed by atoms with van der Waals surface area (Å²) in [7, 11) is -2.18. The van der Waals surface area contributed by atoms with Crippen LogP contribution < -0.4 is 15.7 Å². The zero-order chi connectivity index (χ0) is 17.8. The predicted molar refractivity (Wildman–Crippen MR) is 94.7 cm³/mol. The molecule has 3 N–H and O–H groups in total. The minimum absolute atomic E-state index is 0.122. The summed E-state index contributed by atoms with van der Waals surface area (Å²) in [6.07, 6.45) is 1.65. The number of methoxy groups -OCH3 is 1. The highest BCUT2D eigenvalue weighted by Gasteiger charge is 2.41. The average molecular weight is 383 g/mol. The van der Waals surface area contributed by atoms with Gasteiger partial charge in [0.05, 0.1) is 23.0 Å². The number of fused-ring (bicyclic) bond motifs is 1. The molecule has 11 heteroatoms. The van der Waals surface area contributed by atoms with Gasteiger partial charge < -0.3 is 15.0 Å². The second kappa shape index (κ2) is 5.51. The Labute approximate surface area is 148 Å². The molecule has 1 unspecified atom stereocenters. The SMILES string of the molecule is COC1=NSC(n2c(=O)[nH]c3ccc(S(=O)(=O)NC4(C)CC4)cc32)N1. The van der Waals surface area contributed by atoms with Gasteiger partial charge in [0, 0.05) is 17.5 Å². The third-order valence-corrected chi connectivity index (χ3v) is 6.73. The molecule has 134 valence electrons. The maximum Gasteiger partial charge on any atom is 0.328 e. The van der Waals surface area contributed by atoms with E-state index in [-0.39, 0.29) is 16.1 Å². The Balaban J connectivity index is 1.75. The summed E-state index contributed by atoms with van der Waals surface area (Å²) in [5.41, 5.74) is -0.205. The standard InChI is InChI=1S/C14H17N5O4S2/c1-14(5-6-14)18-25(21,22)8-3-4-9-10(7-8)19(12(20)15-9)13-16-11(23-2)17-24-13/h3-4,7,13,18H,5-6H2,1-2H3,(H,15,20)(H,16,17). The van der Waals surface area contributed by atoms with Gasteiger partial charge in [-0.1, -0.05) is 0 Å². The second-order valence-corrected chi connectivity index (χ2v) is 8.87. The molecule has 1 aromatic heterocycles. The van der Waals surface area contributed by atoms with E-state index in [1.165, 1.54) is 23.8 Å². The van der Waals surface area contributed by atoms with E-state index in [0.29, 0.717) is 17.1 Å². The molecule has 4 rings (SSSR count). The molecule has 0 amide bonds. The maximum atomic E-state index is 12.6. The van der Waals surface area contributed by atoms with Crippen molar-refractivity contribution in [1.29, 1.82) is 0 Å². The van der Waals surface area contributed by atoms with E-state index in [0.717, 1.165) is 24.8 Å². The van der Waals surface area contributed by atoms with Crippen LogP contribution in [0.15, 0.2) is 32.3 Å². The number of amidine groups is 1. The summed E-state index contributed by atoms with van der Waals surface area (Å²) in [6.45, 7) is 1.87. The molecule has 1 aromatic carbocycles. The molecule has 0 radical (unpaired) electrons. The van der Waals surface area contributed by atoms with E-state index in [1.54, 1.807) is 6.07 Å². The normalized spacial score (nSPS) is 21.8. The van der Waals surface area contributed by atoms with Gasteiger partial charge in [0.15, 0.2) is 5.50 Å². The van der Waals surface area contributed by atoms with Crippen LogP contribution in [0.2, 0.25) is 0 Å². The number of nitrogens with one attached hydrogen (secondary N) is 3. The van der Waals surface area contributed by atoms with Crippen molar-refractivity contribution in [2.75, 3.05) is 7.11 Å². The number of hydrogen-bond acceptors (Lipinski definition) is 7. The van der Waals surface area contributed by atoms with Crippen LogP contribution in [0, 0.1) is 0 Å². The van der Waals surface area contributed by atoms with Crippen LogP contribution in [-0.4, -0.2) is 36.6 Å². The summed E-state index contributed by atoms with van der Waals surface area (Å²) in [5.74, 6) is 0. The molecular formula is C14H17N5O4S2. The summed E-state index contributed by atoms with van der Waals surface area (Å²) < 4.78 is 38.4. The van der Waals surface area contributed by atoms with E-state index in [9.17, 15) is 13.2 Å². The van der Waals surface area contributed by atoms with Gasteiger partial charge in [-0.25, -0.2) is 17.9 Å². The molecule has 0 saturated heterocycles. The van der Waals surface area contributed by atoms with Crippen LogP contribution in [0.4, 0.5) is 0 Å². The van der Waals surface area contributed by atoms with Crippen LogP contribution >= 0.6 is 11.9 Å². The van der Waals surface area contributed by atoms with Crippen molar-refractivity contribution >= 4 is 39.0 Å². The van der Waals surface area contributed by atoms with Crippen molar-refractivity contribution in [3.63, 3.8) is 0 Å². The third kappa shape index (κ3) is 2.92. The fourth-order valence-electron chi connectivity index (χ4n) is 2.64. The Morgan fingerprint density at radius 3 is 2.84 bits per heavy atom. The summed E-state index contributed by atoms with van der Waals surface area (Å²) >= 11 is 1.12. The first-order valence-electron chi connectivity index (χ1n) is 7.64. The van der Waals surface area contributed by atoms with Crippen molar-refractivity contribution in [2.24, 2.45) is 4.40 Å². The topological polar surface area (TPSA) is 118 Å². The van der Waals surface area contributed by atoms with Gasteiger partial charge in [-0.15, -0.1) is 0 Å². The maximum absolute atomic E-state index is 12.6.